The average Bonchev–Trinajstić information content (AvgIpc) is 2.24. The molecule has 0 radical (unpaired) electrons. The Kier molecular flexibility index (Phi) is 2.75. The molecular weight excluding hydrogens is 243 g/mol. The monoisotopic (exact) mass is 256 g/mol. The Labute approximate surface area is 104 Å². The maximum absolute atomic E-state index is 13.9. The van der Waals surface area contributed by atoms with Gasteiger partial charge in [-0.1, -0.05) is 11.6 Å². The first kappa shape index (κ1) is 12.1. The Morgan fingerprint density at radius 2 is 2.18 bits per heavy atom. The molecule has 1 aliphatic rings. The van der Waals surface area contributed by atoms with E-state index in [-0.39, 0.29) is 5.02 Å². The fraction of sp³-hybridized carbons (Fsp3) is 0.364. The molecule has 4 N–H and O–H groups in total. The van der Waals surface area contributed by atoms with Crippen molar-refractivity contribution in [2.75, 3.05) is 5.32 Å². The standard InChI is InChI=1S/C11H14ClFN4/c1-5-4-6(12)7(13)9-8(5)15-10(17-14)11(2,3)16-9/h4,16H,14H2,1-3H3,(H,15,17). The Hall–Kier alpha value is -1.33. The van der Waals surface area contributed by atoms with E-state index in [0.717, 1.165) is 5.56 Å². The van der Waals surface area contributed by atoms with E-state index >= 15 is 0 Å². The number of aryl methyl sites for hydroxylation is 1. The van der Waals surface area contributed by atoms with Crippen molar-refractivity contribution in [3.8, 4) is 0 Å². The molecule has 1 aromatic carbocycles. The number of rotatable bonds is 0. The zero-order valence-electron chi connectivity index (χ0n) is 9.86. The maximum atomic E-state index is 13.9. The van der Waals surface area contributed by atoms with Crippen LogP contribution in [-0.4, -0.2) is 11.4 Å². The zero-order valence-corrected chi connectivity index (χ0v) is 10.6. The maximum Gasteiger partial charge on any atom is 0.167 e. The van der Waals surface area contributed by atoms with E-state index in [1.165, 1.54) is 0 Å². The number of nitrogens with zero attached hydrogens (tertiary/aromatic N) is 1. The van der Waals surface area contributed by atoms with E-state index in [4.69, 9.17) is 17.4 Å². The van der Waals surface area contributed by atoms with Gasteiger partial charge in [-0.25, -0.2) is 15.2 Å². The second-order valence-electron chi connectivity index (χ2n) is 4.57. The van der Waals surface area contributed by atoms with Gasteiger partial charge in [-0.2, -0.15) is 0 Å². The molecule has 92 valence electrons. The van der Waals surface area contributed by atoms with Gasteiger partial charge in [0.15, 0.2) is 5.82 Å². The highest BCUT2D eigenvalue weighted by atomic mass is 35.5. The summed E-state index contributed by atoms with van der Waals surface area (Å²) in [4.78, 5) is 4.34. The van der Waals surface area contributed by atoms with Crippen molar-refractivity contribution >= 4 is 28.8 Å². The van der Waals surface area contributed by atoms with Crippen LogP contribution in [-0.2, 0) is 0 Å². The molecule has 17 heavy (non-hydrogen) atoms. The van der Waals surface area contributed by atoms with Crippen molar-refractivity contribution in [1.82, 2.24) is 5.43 Å². The molecule has 6 heteroatoms. The lowest BCUT2D eigenvalue weighted by atomic mass is 9.99. The molecule has 0 bridgehead atoms. The molecule has 0 unspecified atom stereocenters. The van der Waals surface area contributed by atoms with Crippen molar-refractivity contribution in [1.29, 1.82) is 0 Å². The third-order valence-electron chi connectivity index (χ3n) is 2.77. The fourth-order valence-corrected chi connectivity index (χ4v) is 2.09. The van der Waals surface area contributed by atoms with Gasteiger partial charge in [-0.15, -0.1) is 0 Å². The minimum Gasteiger partial charge on any atom is -0.369 e. The number of hydrogen-bond acceptors (Lipinski definition) is 4. The molecule has 0 saturated carbocycles. The van der Waals surface area contributed by atoms with E-state index < -0.39 is 11.4 Å². The molecule has 2 rings (SSSR count). The van der Waals surface area contributed by atoms with Gasteiger partial charge < -0.3 is 10.7 Å². The number of anilines is 1. The smallest absolute Gasteiger partial charge is 0.167 e. The van der Waals surface area contributed by atoms with Gasteiger partial charge in [0.05, 0.1) is 21.9 Å². The summed E-state index contributed by atoms with van der Waals surface area (Å²) in [5, 5.41) is 3.14. The van der Waals surface area contributed by atoms with Crippen LogP contribution in [0.3, 0.4) is 0 Å². The van der Waals surface area contributed by atoms with Gasteiger partial charge in [0.2, 0.25) is 0 Å². The Morgan fingerprint density at radius 3 is 2.76 bits per heavy atom. The van der Waals surface area contributed by atoms with Gasteiger partial charge in [0.1, 0.15) is 5.84 Å². The molecule has 0 fully saturated rings. The molecule has 1 aliphatic heterocycles. The number of hydrazine groups is 1. The number of benzene rings is 1. The van der Waals surface area contributed by atoms with E-state index in [1.807, 2.05) is 20.8 Å². The van der Waals surface area contributed by atoms with Gasteiger partial charge in [0.25, 0.3) is 0 Å². The molecule has 0 atom stereocenters. The molecule has 0 aliphatic carbocycles. The minimum atomic E-state index is -0.570. The Bertz CT molecular complexity index is 511. The molecular formula is C11H14ClFN4. The predicted octanol–water partition coefficient (Wildman–Crippen LogP) is 2.48. The first-order valence-corrected chi connectivity index (χ1v) is 5.57. The highest BCUT2D eigenvalue weighted by molar-refractivity contribution is 6.31. The molecule has 0 aromatic heterocycles. The molecule has 4 nitrogen and oxygen atoms in total. The van der Waals surface area contributed by atoms with Crippen molar-refractivity contribution in [2.45, 2.75) is 26.3 Å². The van der Waals surface area contributed by atoms with Crippen LogP contribution in [0.1, 0.15) is 19.4 Å². The van der Waals surface area contributed by atoms with Crippen LogP contribution in [0.25, 0.3) is 0 Å². The number of amidine groups is 1. The van der Waals surface area contributed by atoms with Gasteiger partial charge in [-0.3, -0.25) is 0 Å². The second kappa shape index (κ2) is 3.85. The lowest BCUT2D eigenvalue weighted by Gasteiger charge is -2.34. The highest BCUT2D eigenvalue weighted by Gasteiger charge is 2.32. The summed E-state index contributed by atoms with van der Waals surface area (Å²) in [6, 6.07) is 1.55. The minimum absolute atomic E-state index is 0.0870. The van der Waals surface area contributed by atoms with Crippen LogP contribution in [0.15, 0.2) is 11.1 Å². The van der Waals surface area contributed by atoms with Crippen LogP contribution in [0.4, 0.5) is 15.8 Å². The number of nitrogens with one attached hydrogen (secondary N) is 2. The van der Waals surface area contributed by atoms with Crippen molar-refractivity contribution in [3.63, 3.8) is 0 Å². The van der Waals surface area contributed by atoms with Crippen LogP contribution in [0.5, 0.6) is 0 Å². The molecule has 0 amide bonds. The number of hydrogen-bond donors (Lipinski definition) is 3. The summed E-state index contributed by atoms with van der Waals surface area (Å²) in [6.45, 7) is 5.52. The van der Waals surface area contributed by atoms with Crippen LogP contribution < -0.4 is 16.6 Å². The van der Waals surface area contributed by atoms with E-state index in [2.05, 4.69) is 15.7 Å². The molecule has 0 spiro atoms. The normalized spacial score (nSPS) is 16.9. The second-order valence-corrected chi connectivity index (χ2v) is 4.97. The first-order chi connectivity index (χ1) is 7.86. The lowest BCUT2D eigenvalue weighted by Crippen LogP contribution is -2.52. The summed E-state index contributed by atoms with van der Waals surface area (Å²) < 4.78 is 13.9. The Balaban J connectivity index is 2.69. The summed E-state index contributed by atoms with van der Waals surface area (Å²) in [6.07, 6.45) is 0. The van der Waals surface area contributed by atoms with E-state index in [0.29, 0.717) is 17.2 Å². The van der Waals surface area contributed by atoms with Gasteiger partial charge in [0, 0.05) is 0 Å². The Morgan fingerprint density at radius 1 is 1.53 bits per heavy atom. The summed E-state index contributed by atoms with van der Waals surface area (Å²) in [7, 11) is 0. The van der Waals surface area contributed by atoms with Crippen molar-refractivity contribution < 1.29 is 4.39 Å². The number of halogens is 2. The largest absolute Gasteiger partial charge is 0.369 e. The van der Waals surface area contributed by atoms with Crippen molar-refractivity contribution in [3.05, 3.63) is 22.5 Å². The number of nitrogens with two attached hydrogens (primary N) is 1. The predicted molar refractivity (Wildman–Crippen MR) is 68.3 cm³/mol. The molecule has 0 saturated heterocycles. The topological polar surface area (TPSA) is 62.4 Å². The van der Waals surface area contributed by atoms with Crippen LogP contribution in [0, 0.1) is 12.7 Å². The van der Waals surface area contributed by atoms with E-state index in [9.17, 15) is 4.39 Å². The SMILES string of the molecule is Cc1cc(Cl)c(F)c2c1N=C(NN)C(C)(C)N2. The summed E-state index contributed by atoms with van der Waals surface area (Å²) >= 11 is 5.81. The zero-order chi connectivity index (χ0) is 12.8. The first-order valence-electron chi connectivity index (χ1n) is 5.19. The average molecular weight is 257 g/mol. The molecule has 1 heterocycles. The third kappa shape index (κ3) is 1.85. The van der Waals surface area contributed by atoms with Crippen molar-refractivity contribution in [2.24, 2.45) is 10.8 Å². The van der Waals surface area contributed by atoms with Gasteiger partial charge >= 0.3 is 0 Å². The lowest BCUT2D eigenvalue weighted by molar-refractivity contribution is 0.618. The van der Waals surface area contributed by atoms with Crippen LogP contribution >= 0.6 is 11.6 Å². The summed E-state index contributed by atoms with van der Waals surface area (Å²) in [5.41, 5.74) is 3.60. The molecule has 1 aromatic rings. The number of fused-ring (bicyclic) bond motifs is 1. The number of aliphatic imine (C=N–C) groups is 1. The highest BCUT2D eigenvalue weighted by Crippen LogP contribution is 2.40. The van der Waals surface area contributed by atoms with Gasteiger partial charge in [-0.05, 0) is 32.4 Å². The fourth-order valence-electron chi connectivity index (χ4n) is 1.84. The summed E-state index contributed by atoms with van der Waals surface area (Å²) in [5.74, 6) is 5.48. The van der Waals surface area contributed by atoms with E-state index in [1.54, 1.807) is 6.07 Å². The quantitative estimate of drug-likeness (QED) is 0.494. The van der Waals surface area contributed by atoms with Crippen LogP contribution in [0.2, 0.25) is 5.02 Å². The third-order valence-corrected chi connectivity index (χ3v) is 3.05.